The number of hydrogen-bond acceptors (Lipinski definition) is 4. The predicted molar refractivity (Wildman–Crippen MR) is 122 cm³/mol. The molecular weight excluding hydrogens is 439 g/mol. The van der Waals surface area contributed by atoms with Crippen LogP contribution in [0.5, 0.6) is 0 Å². The zero-order valence-electron chi connectivity index (χ0n) is 15.9. The van der Waals surface area contributed by atoms with Gasteiger partial charge >= 0.3 is 11.8 Å². The van der Waals surface area contributed by atoms with Crippen LogP contribution in [0.15, 0.2) is 77.9 Å². The topological polar surface area (TPSA) is 99.7 Å². The lowest BCUT2D eigenvalue weighted by atomic mass is 10.1. The SMILES string of the molecule is O=C(NN=Cc1ccccc1Cl)C(=O)Nc1ccccc1C(=O)Nc1ccc(Cl)cc1. The van der Waals surface area contributed by atoms with Gasteiger partial charge < -0.3 is 10.6 Å². The molecule has 3 amide bonds. The summed E-state index contributed by atoms with van der Waals surface area (Å²) in [6.07, 6.45) is 1.32. The number of hydrogen-bond donors (Lipinski definition) is 3. The summed E-state index contributed by atoms with van der Waals surface area (Å²) < 4.78 is 0. The van der Waals surface area contributed by atoms with Crippen LogP contribution in [0, 0.1) is 0 Å². The molecule has 156 valence electrons. The number of amides is 3. The maximum Gasteiger partial charge on any atom is 0.329 e. The van der Waals surface area contributed by atoms with Crippen molar-refractivity contribution in [1.29, 1.82) is 0 Å². The van der Waals surface area contributed by atoms with Gasteiger partial charge in [0.2, 0.25) is 0 Å². The summed E-state index contributed by atoms with van der Waals surface area (Å²) in [6.45, 7) is 0. The summed E-state index contributed by atoms with van der Waals surface area (Å²) in [6, 6.07) is 19.7. The van der Waals surface area contributed by atoms with Gasteiger partial charge in [0.25, 0.3) is 5.91 Å². The minimum atomic E-state index is -1.00. The highest BCUT2D eigenvalue weighted by molar-refractivity contribution is 6.40. The molecule has 0 atom stereocenters. The first kappa shape index (κ1) is 22.0. The first-order valence-corrected chi connectivity index (χ1v) is 9.74. The highest BCUT2D eigenvalue weighted by atomic mass is 35.5. The van der Waals surface area contributed by atoms with E-state index in [9.17, 15) is 14.4 Å². The van der Waals surface area contributed by atoms with Crippen molar-refractivity contribution in [1.82, 2.24) is 5.43 Å². The number of anilines is 2. The van der Waals surface area contributed by atoms with Crippen molar-refractivity contribution >= 4 is 58.5 Å². The molecule has 0 fully saturated rings. The van der Waals surface area contributed by atoms with Crippen molar-refractivity contribution in [3.8, 4) is 0 Å². The van der Waals surface area contributed by atoms with E-state index in [1.54, 1.807) is 60.7 Å². The summed E-state index contributed by atoms with van der Waals surface area (Å²) in [5, 5.41) is 9.83. The molecular formula is C22H16Cl2N4O3. The first-order chi connectivity index (χ1) is 14.9. The minimum Gasteiger partial charge on any atom is -0.322 e. The van der Waals surface area contributed by atoms with Crippen LogP contribution in [0.3, 0.4) is 0 Å². The van der Waals surface area contributed by atoms with Gasteiger partial charge in [-0.05, 0) is 42.5 Å². The molecule has 0 unspecified atom stereocenters. The predicted octanol–water partition coefficient (Wildman–Crippen LogP) is 4.33. The molecule has 0 bridgehead atoms. The van der Waals surface area contributed by atoms with Crippen molar-refractivity contribution in [2.45, 2.75) is 0 Å². The monoisotopic (exact) mass is 454 g/mol. The zero-order chi connectivity index (χ0) is 22.2. The molecule has 0 aliphatic heterocycles. The Hall–Kier alpha value is -3.68. The highest BCUT2D eigenvalue weighted by Gasteiger charge is 2.17. The fourth-order valence-corrected chi connectivity index (χ4v) is 2.80. The Morgan fingerprint density at radius 3 is 2.19 bits per heavy atom. The molecule has 3 aromatic carbocycles. The summed E-state index contributed by atoms with van der Waals surface area (Å²) in [5.74, 6) is -2.45. The molecule has 0 spiro atoms. The third kappa shape index (κ3) is 6.15. The summed E-state index contributed by atoms with van der Waals surface area (Å²) in [5.41, 5.74) is 3.58. The number of nitrogens with zero attached hydrogens (tertiary/aromatic N) is 1. The molecule has 0 aromatic heterocycles. The molecule has 31 heavy (non-hydrogen) atoms. The zero-order valence-corrected chi connectivity index (χ0v) is 17.4. The third-order valence-electron chi connectivity index (χ3n) is 4.00. The molecule has 3 aromatic rings. The van der Waals surface area contributed by atoms with Gasteiger partial charge in [0.05, 0.1) is 17.5 Å². The van der Waals surface area contributed by atoms with Gasteiger partial charge in [-0.3, -0.25) is 14.4 Å². The Kier molecular flexibility index (Phi) is 7.37. The van der Waals surface area contributed by atoms with Gasteiger partial charge in [-0.2, -0.15) is 5.10 Å². The van der Waals surface area contributed by atoms with Gasteiger partial charge in [0.1, 0.15) is 0 Å². The van der Waals surface area contributed by atoms with Crippen molar-refractivity contribution < 1.29 is 14.4 Å². The largest absolute Gasteiger partial charge is 0.329 e. The van der Waals surface area contributed by atoms with E-state index >= 15 is 0 Å². The van der Waals surface area contributed by atoms with Crippen molar-refractivity contribution in [2.75, 3.05) is 10.6 Å². The average Bonchev–Trinajstić information content (AvgIpc) is 2.77. The number of hydrazone groups is 1. The lowest BCUT2D eigenvalue weighted by Crippen LogP contribution is -2.33. The van der Waals surface area contributed by atoms with Crippen LogP contribution in [0.2, 0.25) is 10.0 Å². The fraction of sp³-hybridized carbons (Fsp3) is 0. The van der Waals surface area contributed by atoms with Gasteiger partial charge in [-0.15, -0.1) is 0 Å². The molecule has 9 heteroatoms. The van der Waals surface area contributed by atoms with Gasteiger partial charge in [0, 0.05) is 21.3 Å². The molecule has 3 N–H and O–H groups in total. The van der Waals surface area contributed by atoms with Crippen LogP contribution in [-0.2, 0) is 9.59 Å². The molecule has 7 nitrogen and oxygen atoms in total. The second kappa shape index (κ2) is 10.4. The molecule has 0 aliphatic rings. The number of benzene rings is 3. The van der Waals surface area contributed by atoms with E-state index in [1.165, 1.54) is 18.3 Å². The molecule has 0 saturated heterocycles. The Balaban J connectivity index is 1.64. The van der Waals surface area contributed by atoms with E-state index in [2.05, 4.69) is 21.2 Å². The lowest BCUT2D eigenvalue weighted by molar-refractivity contribution is -0.136. The number of nitrogens with one attached hydrogen (secondary N) is 3. The van der Waals surface area contributed by atoms with Crippen LogP contribution < -0.4 is 16.1 Å². The van der Waals surface area contributed by atoms with E-state index < -0.39 is 17.7 Å². The highest BCUT2D eigenvalue weighted by Crippen LogP contribution is 2.19. The van der Waals surface area contributed by atoms with Gasteiger partial charge in [-0.25, -0.2) is 5.43 Å². The second-order valence-electron chi connectivity index (χ2n) is 6.18. The van der Waals surface area contributed by atoms with E-state index in [4.69, 9.17) is 23.2 Å². The van der Waals surface area contributed by atoms with Gasteiger partial charge in [-0.1, -0.05) is 53.5 Å². The summed E-state index contributed by atoms with van der Waals surface area (Å²) in [7, 11) is 0. The summed E-state index contributed by atoms with van der Waals surface area (Å²) >= 11 is 11.8. The normalized spacial score (nSPS) is 10.5. The average molecular weight is 455 g/mol. The lowest BCUT2D eigenvalue weighted by Gasteiger charge is -2.11. The van der Waals surface area contributed by atoms with Crippen molar-refractivity contribution in [2.24, 2.45) is 5.10 Å². The van der Waals surface area contributed by atoms with Crippen LogP contribution in [0.1, 0.15) is 15.9 Å². The Morgan fingerprint density at radius 1 is 0.774 bits per heavy atom. The smallest absolute Gasteiger partial charge is 0.322 e. The number of rotatable bonds is 5. The van der Waals surface area contributed by atoms with Crippen LogP contribution in [0.4, 0.5) is 11.4 Å². The number of para-hydroxylation sites is 1. The van der Waals surface area contributed by atoms with Crippen LogP contribution in [0.25, 0.3) is 0 Å². The fourth-order valence-electron chi connectivity index (χ4n) is 2.49. The Morgan fingerprint density at radius 2 is 1.45 bits per heavy atom. The minimum absolute atomic E-state index is 0.171. The van der Waals surface area contributed by atoms with E-state index in [-0.39, 0.29) is 11.3 Å². The number of carbonyl (C=O) groups excluding carboxylic acids is 3. The summed E-state index contributed by atoms with van der Waals surface area (Å²) in [4.78, 5) is 36.9. The maximum atomic E-state index is 12.6. The van der Waals surface area contributed by atoms with Crippen LogP contribution in [-0.4, -0.2) is 23.9 Å². The molecule has 0 radical (unpaired) electrons. The first-order valence-electron chi connectivity index (χ1n) is 8.99. The maximum absolute atomic E-state index is 12.6. The van der Waals surface area contributed by atoms with E-state index in [0.29, 0.717) is 21.3 Å². The number of halogens is 2. The molecule has 0 heterocycles. The second-order valence-corrected chi connectivity index (χ2v) is 7.03. The third-order valence-corrected chi connectivity index (χ3v) is 4.60. The van der Waals surface area contributed by atoms with E-state index in [1.807, 2.05) is 0 Å². The molecule has 3 rings (SSSR count). The van der Waals surface area contributed by atoms with Crippen molar-refractivity contribution in [3.63, 3.8) is 0 Å². The standard InChI is InChI=1S/C22H16Cl2N4O3/c23-15-9-11-16(12-10-15)26-20(29)17-6-2-4-8-19(17)27-21(30)22(31)28-25-13-14-5-1-3-7-18(14)24/h1-13H,(H,26,29)(H,27,30)(H,28,31). The molecule has 0 aliphatic carbocycles. The Bertz CT molecular complexity index is 1150. The van der Waals surface area contributed by atoms with E-state index in [0.717, 1.165) is 0 Å². The quantitative estimate of drug-likeness (QED) is 0.303. The van der Waals surface area contributed by atoms with Crippen LogP contribution >= 0.6 is 23.2 Å². The van der Waals surface area contributed by atoms with Crippen molar-refractivity contribution in [3.05, 3.63) is 94.0 Å². The Labute approximate surface area is 188 Å². The van der Waals surface area contributed by atoms with Gasteiger partial charge in [0.15, 0.2) is 0 Å². The molecule has 0 saturated carbocycles. The number of carbonyl (C=O) groups is 3.